The zero-order chi connectivity index (χ0) is 15.9. The summed E-state index contributed by atoms with van der Waals surface area (Å²) >= 11 is 0. The largest absolute Gasteiger partial charge is 0.398 e. The molecule has 0 aromatic heterocycles. The van der Waals surface area contributed by atoms with Gasteiger partial charge in [-0.25, -0.2) is 8.42 Å². The van der Waals surface area contributed by atoms with Crippen molar-refractivity contribution in [2.24, 2.45) is 0 Å². The fourth-order valence-corrected chi connectivity index (χ4v) is 5.07. The molecule has 2 rings (SSSR count). The Kier molecular flexibility index (Phi) is 4.33. The normalized spacial score (nSPS) is 24.2. The van der Waals surface area contributed by atoms with Gasteiger partial charge in [0.1, 0.15) is 0 Å². The van der Waals surface area contributed by atoms with E-state index in [2.05, 4.69) is 0 Å². The van der Waals surface area contributed by atoms with Gasteiger partial charge in [-0.15, -0.1) is 0 Å². The molecular weight excluding hydrogens is 288 g/mol. The number of ether oxygens (including phenoxy) is 1. The first-order chi connectivity index (χ1) is 9.64. The molecule has 1 aliphatic rings. The molecule has 2 N–H and O–H groups in total. The second kappa shape index (κ2) is 5.59. The van der Waals surface area contributed by atoms with Crippen LogP contribution in [-0.2, 0) is 14.8 Å². The van der Waals surface area contributed by atoms with Crippen molar-refractivity contribution in [2.45, 2.75) is 51.7 Å². The molecule has 2 atom stereocenters. The summed E-state index contributed by atoms with van der Waals surface area (Å²) in [6.07, 6.45) is -0.209. The lowest BCUT2D eigenvalue weighted by molar-refractivity contribution is -0.0441. The zero-order valence-electron chi connectivity index (χ0n) is 13.3. The Morgan fingerprint density at radius 2 is 1.67 bits per heavy atom. The molecule has 0 amide bonds. The van der Waals surface area contributed by atoms with Gasteiger partial charge in [-0.2, -0.15) is 4.31 Å². The molecule has 0 radical (unpaired) electrons. The van der Waals surface area contributed by atoms with Crippen molar-refractivity contribution in [2.75, 3.05) is 18.8 Å². The summed E-state index contributed by atoms with van der Waals surface area (Å²) in [6.45, 7) is 10.0. The molecule has 0 aliphatic carbocycles. The first-order valence-corrected chi connectivity index (χ1v) is 8.60. The number of nitrogens with two attached hydrogens (primary N) is 1. The van der Waals surface area contributed by atoms with Crippen LogP contribution >= 0.6 is 0 Å². The lowest BCUT2D eigenvalue weighted by atomic mass is 10.1. The molecule has 6 heteroatoms. The lowest BCUT2D eigenvalue weighted by Gasteiger charge is -2.35. The number of nitrogens with zero attached hydrogens (tertiary/aromatic N) is 1. The van der Waals surface area contributed by atoms with E-state index in [0.717, 1.165) is 11.1 Å². The molecule has 0 saturated carbocycles. The Morgan fingerprint density at radius 1 is 1.14 bits per heavy atom. The summed E-state index contributed by atoms with van der Waals surface area (Å²) in [4.78, 5) is 0.340. The van der Waals surface area contributed by atoms with Gasteiger partial charge in [-0.05, 0) is 51.3 Å². The molecule has 1 heterocycles. The second-order valence-electron chi connectivity index (χ2n) is 5.96. The van der Waals surface area contributed by atoms with E-state index in [4.69, 9.17) is 10.5 Å². The van der Waals surface area contributed by atoms with Gasteiger partial charge in [0.05, 0.1) is 17.1 Å². The van der Waals surface area contributed by atoms with Crippen LogP contribution in [0.3, 0.4) is 0 Å². The predicted molar refractivity (Wildman–Crippen MR) is 83.8 cm³/mol. The van der Waals surface area contributed by atoms with Crippen LogP contribution < -0.4 is 5.73 Å². The minimum Gasteiger partial charge on any atom is -0.398 e. The fourth-order valence-electron chi connectivity index (χ4n) is 3.03. The van der Waals surface area contributed by atoms with Gasteiger partial charge in [-0.3, -0.25) is 0 Å². The number of nitrogen functional groups attached to an aromatic ring is 1. The van der Waals surface area contributed by atoms with Gasteiger partial charge in [0.2, 0.25) is 10.0 Å². The lowest BCUT2D eigenvalue weighted by Crippen LogP contribution is -2.48. The SMILES string of the molecule is Cc1cc(C)c(S(=O)(=O)N2C[C@@H](C)O[C@@H](C)C2)c(C)c1N. The van der Waals surface area contributed by atoms with Crippen LogP contribution in [0, 0.1) is 20.8 Å². The Balaban J connectivity index is 2.52. The summed E-state index contributed by atoms with van der Waals surface area (Å²) in [5.74, 6) is 0. The van der Waals surface area contributed by atoms with Crippen LogP contribution in [-0.4, -0.2) is 38.0 Å². The number of anilines is 1. The van der Waals surface area contributed by atoms with E-state index in [0.29, 0.717) is 29.2 Å². The molecule has 0 spiro atoms. The summed E-state index contributed by atoms with van der Waals surface area (Å²) in [5, 5.41) is 0. The van der Waals surface area contributed by atoms with Crippen LogP contribution in [0.25, 0.3) is 0 Å². The molecule has 21 heavy (non-hydrogen) atoms. The van der Waals surface area contributed by atoms with Crippen molar-refractivity contribution >= 4 is 15.7 Å². The Bertz CT molecular complexity index is 645. The summed E-state index contributed by atoms with van der Waals surface area (Å²) in [5.41, 5.74) is 8.86. The van der Waals surface area contributed by atoms with Crippen LogP contribution in [0.5, 0.6) is 0 Å². The number of rotatable bonds is 2. The standard InChI is InChI=1S/C15H24N2O3S/c1-9-6-10(2)15(13(5)14(9)16)21(18,19)17-7-11(3)20-12(4)8-17/h6,11-12H,7-8,16H2,1-5H3/t11-,12+. The van der Waals surface area contributed by atoms with Crippen molar-refractivity contribution in [1.82, 2.24) is 4.31 Å². The molecule has 5 nitrogen and oxygen atoms in total. The average Bonchev–Trinajstić information content (AvgIpc) is 2.34. The zero-order valence-corrected chi connectivity index (χ0v) is 14.1. The van der Waals surface area contributed by atoms with Crippen molar-refractivity contribution in [3.05, 3.63) is 22.8 Å². The third kappa shape index (κ3) is 2.93. The molecule has 1 fully saturated rings. The minimum absolute atomic E-state index is 0.105. The van der Waals surface area contributed by atoms with Crippen molar-refractivity contribution in [1.29, 1.82) is 0 Å². The highest BCUT2D eigenvalue weighted by atomic mass is 32.2. The Hall–Kier alpha value is -1.11. The van der Waals surface area contributed by atoms with Gasteiger partial charge in [-0.1, -0.05) is 6.07 Å². The highest BCUT2D eigenvalue weighted by Gasteiger charge is 2.34. The minimum atomic E-state index is -3.56. The summed E-state index contributed by atoms with van der Waals surface area (Å²) in [6, 6.07) is 1.84. The summed E-state index contributed by atoms with van der Waals surface area (Å²) < 4.78 is 33.1. The quantitative estimate of drug-likeness (QED) is 0.848. The molecule has 1 aromatic carbocycles. The monoisotopic (exact) mass is 312 g/mol. The number of hydrogen-bond acceptors (Lipinski definition) is 4. The predicted octanol–water partition coefficient (Wildman–Crippen LogP) is 1.99. The smallest absolute Gasteiger partial charge is 0.243 e. The maximum Gasteiger partial charge on any atom is 0.243 e. The first kappa shape index (κ1) is 16.3. The first-order valence-electron chi connectivity index (χ1n) is 7.16. The number of hydrogen-bond donors (Lipinski definition) is 1. The van der Waals surface area contributed by atoms with Crippen LogP contribution in [0.4, 0.5) is 5.69 Å². The number of morpholine rings is 1. The molecule has 1 saturated heterocycles. The highest BCUT2D eigenvalue weighted by molar-refractivity contribution is 7.89. The van der Waals surface area contributed by atoms with E-state index in [1.165, 1.54) is 4.31 Å². The molecule has 118 valence electrons. The van der Waals surface area contributed by atoms with Gasteiger partial charge in [0.15, 0.2) is 0 Å². The third-order valence-electron chi connectivity index (χ3n) is 3.94. The van der Waals surface area contributed by atoms with Gasteiger partial charge in [0, 0.05) is 18.8 Å². The Morgan fingerprint density at radius 3 is 2.19 bits per heavy atom. The van der Waals surface area contributed by atoms with E-state index in [1.54, 1.807) is 6.92 Å². The van der Waals surface area contributed by atoms with Gasteiger partial charge >= 0.3 is 0 Å². The van der Waals surface area contributed by atoms with Crippen LogP contribution in [0.15, 0.2) is 11.0 Å². The van der Waals surface area contributed by atoms with E-state index in [-0.39, 0.29) is 12.2 Å². The van der Waals surface area contributed by atoms with E-state index in [9.17, 15) is 8.42 Å². The maximum atomic E-state index is 13.0. The molecule has 1 aliphatic heterocycles. The van der Waals surface area contributed by atoms with E-state index >= 15 is 0 Å². The van der Waals surface area contributed by atoms with Crippen molar-refractivity contribution in [3.63, 3.8) is 0 Å². The number of aryl methyl sites for hydroxylation is 2. The topological polar surface area (TPSA) is 72.6 Å². The summed E-state index contributed by atoms with van der Waals surface area (Å²) in [7, 11) is -3.56. The Labute approximate surface area is 127 Å². The van der Waals surface area contributed by atoms with E-state index < -0.39 is 10.0 Å². The van der Waals surface area contributed by atoms with Crippen LogP contribution in [0.2, 0.25) is 0 Å². The van der Waals surface area contributed by atoms with E-state index in [1.807, 2.05) is 33.8 Å². The number of benzene rings is 1. The average molecular weight is 312 g/mol. The van der Waals surface area contributed by atoms with Crippen molar-refractivity contribution < 1.29 is 13.2 Å². The molecule has 1 aromatic rings. The van der Waals surface area contributed by atoms with Crippen LogP contribution in [0.1, 0.15) is 30.5 Å². The van der Waals surface area contributed by atoms with Gasteiger partial charge < -0.3 is 10.5 Å². The fraction of sp³-hybridized carbons (Fsp3) is 0.600. The maximum absolute atomic E-state index is 13.0. The van der Waals surface area contributed by atoms with Gasteiger partial charge in [0.25, 0.3) is 0 Å². The highest BCUT2D eigenvalue weighted by Crippen LogP contribution is 2.31. The number of sulfonamides is 1. The molecule has 0 unspecified atom stereocenters. The second-order valence-corrected chi connectivity index (χ2v) is 7.83. The third-order valence-corrected chi connectivity index (χ3v) is 6.07. The molecule has 0 bridgehead atoms. The molecular formula is C15H24N2O3S. The van der Waals surface area contributed by atoms with Crippen molar-refractivity contribution in [3.8, 4) is 0 Å².